The fourth-order valence-corrected chi connectivity index (χ4v) is 4.76. The molecule has 4 heteroatoms. The molecular formula is C23H18Cl2N2. The van der Waals surface area contributed by atoms with Crippen LogP contribution < -0.4 is 0 Å². The van der Waals surface area contributed by atoms with Crippen molar-refractivity contribution in [3.8, 4) is 11.3 Å². The predicted octanol–water partition coefficient (Wildman–Crippen LogP) is 6.35. The summed E-state index contributed by atoms with van der Waals surface area (Å²) in [5, 5.41) is 5.07. The Balaban J connectivity index is 1.93. The van der Waals surface area contributed by atoms with Gasteiger partial charge in [-0.05, 0) is 53.6 Å². The summed E-state index contributed by atoms with van der Waals surface area (Å²) >= 11 is 13.1. The molecule has 1 aliphatic rings. The molecule has 0 saturated heterocycles. The molecule has 0 amide bonds. The summed E-state index contributed by atoms with van der Waals surface area (Å²) < 4.78 is 0. The molecule has 0 unspecified atom stereocenters. The number of hydrogen-bond acceptors (Lipinski definition) is 2. The van der Waals surface area contributed by atoms with E-state index in [4.69, 9.17) is 28.2 Å². The quantitative estimate of drug-likeness (QED) is 0.350. The highest BCUT2D eigenvalue weighted by molar-refractivity contribution is 6.39. The van der Waals surface area contributed by atoms with E-state index in [1.54, 1.807) is 0 Å². The Labute approximate surface area is 168 Å². The lowest BCUT2D eigenvalue weighted by molar-refractivity contribution is 0.314. The number of aromatic nitrogens is 1. The van der Waals surface area contributed by atoms with Gasteiger partial charge in [-0.25, -0.2) is 4.98 Å². The molecule has 0 aliphatic carbocycles. The van der Waals surface area contributed by atoms with Crippen molar-refractivity contribution in [3.63, 3.8) is 0 Å². The Bertz CT molecular complexity index is 1180. The van der Waals surface area contributed by atoms with E-state index in [0.717, 1.165) is 36.3 Å². The van der Waals surface area contributed by atoms with Crippen LogP contribution in [0.2, 0.25) is 10.0 Å². The molecule has 0 N–H and O–H groups in total. The SMILES string of the molecule is CN1CCc2c(c(-c3c(Cl)cccc3Cl)nc3ccc4ccccc4c23)C1. The Hall–Kier alpha value is -2.13. The molecule has 4 aromatic rings. The molecule has 5 rings (SSSR count). The molecule has 1 aromatic heterocycles. The van der Waals surface area contributed by atoms with Crippen molar-refractivity contribution in [2.75, 3.05) is 13.6 Å². The van der Waals surface area contributed by atoms with Crippen LogP contribution in [0.3, 0.4) is 0 Å². The second-order valence-electron chi connectivity index (χ2n) is 7.18. The Morgan fingerprint density at radius 3 is 2.48 bits per heavy atom. The molecule has 27 heavy (non-hydrogen) atoms. The molecule has 0 atom stereocenters. The van der Waals surface area contributed by atoms with Gasteiger partial charge >= 0.3 is 0 Å². The summed E-state index contributed by atoms with van der Waals surface area (Å²) in [6.07, 6.45) is 0.994. The average Bonchev–Trinajstić information content (AvgIpc) is 2.67. The van der Waals surface area contributed by atoms with Crippen molar-refractivity contribution in [2.45, 2.75) is 13.0 Å². The molecule has 2 heterocycles. The smallest absolute Gasteiger partial charge is 0.0787 e. The van der Waals surface area contributed by atoms with Gasteiger partial charge < -0.3 is 4.90 Å². The molecule has 3 aromatic carbocycles. The molecule has 0 spiro atoms. The van der Waals surface area contributed by atoms with Crippen LogP contribution >= 0.6 is 23.2 Å². The molecule has 0 fully saturated rings. The minimum Gasteiger partial charge on any atom is -0.302 e. The van der Waals surface area contributed by atoms with Crippen LogP contribution in [0.1, 0.15) is 11.1 Å². The topological polar surface area (TPSA) is 16.1 Å². The lowest BCUT2D eigenvalue weighted by Gasteiger charge is -2.29. The van der Waals surface area contributed by atoms with E-state index in [1.165, 1.54) is 27.3 Å². The largest absolute Gasteiger partial charge is 0.302 e. The summed E-state index contributed by atoms with van der Waals surface area (Å²) in [4.78, 5) is 7.40. The van der Waals surface area contributed by atoms with Crippen LogP contribution in [0, 0.1) is 0 Å². The molecule has 0 radical (unpaired) electrons. The minimum atomic E-state index is 0.644. The lowest BCUT2D eigenvalue weighted by Crippen LogP contribution is -2.27. The van der Waals surface area contributed by atoms with E-state index in [-0.39, 0.29) is 0 Å². The number of likely N-dealkylation sites (N-methyl/N-ethyl adjacent to an activating group) is 1. The van der Waals surface area contributed by atoms with Gasteiger partial charge in [0.1, 0.15) is 0 Å². The van der Waals surface area contributed by atoms with Gasteiger partial charge in [0.05, 0.1) is 21.3 Å². The van der Waals surface area contributed by atoms with Crippen molar-refractivity contribution in [3.05, 3.63) is 75.8 Å². The van der Waals surface area contributed by atoms with Crippen molar-refractivity contribution < 1.29 is 0 Å². The van der Waals surface area contributed by atoms with Crippen molar-refractivity contribution in [1.29, 1.82) is 0 Å². The van der Waals surface area contributed by atoms with Crippen LogP contribution in [-0.4, -0.2) is 23.5 Å². The van der Waals surface area contributed by atoms with Gasteiger partial charge in [0.25, 0.3) is 0 Å². The highest BCUT2D eigenvalue weighted by Gasteiger charge is 2.24. The number of hydrogen-bond donors (Lipinski definition) is 0. The van der Waals surface area contributed by atoms with Gasteiger partial charge in [0.2, 0.25) is 0 Å². The summed E-state index contributed by atoms with van der Waals surface area (Å²) in [6, 6.07) is 18.4. The standard InChI is InChI=1S/C23H18Cl2N2/c1-27-12-11-16-17(13-27)23(22-18(24)7-4-8-19(22)25)26-20-10-9-14-5-2-3-6-15(14)21(16)20/h2-10H,11-13H2,1H3. The van der Waals surface area contributed by atoms with E-state index in [0.29, 0.717) is 10.0 Å². The number of fused-ring (bicyclic) bond motifs is 5. The highest BCUT2D eigenvalue weighted by Crippen LogP contribution is 2.41. The second kappa shape index (κ2) is 6.49. The van der Waals surface area contributed by atoms with Gasteiger partial charge in [0, 0.05) is 24.0 Å². The molecule has 1 aliphatic heterocycles. The van der Waals surface area contributed by atoms with Gasteiger partial charge in [-0.3, -0.25) is 0 Å². The van der Waals surface area contributed by atoms with E-state index in [1.807, 2.05) is 18.2 Å². The van der Waals surface area contributed by atoms with Gasteiger partial charge in [-0.2, -0.15) is 0 Å². The third-order valence-corrected chi connectivity index (χ3v) is 6.09. The first-order valence-corrected chi connectivity index (χ1v) is 9.85. The van der Waals surface area contributed by atoms with Crippen molar-refractivity contribution >= 4 is 44.9 Å². The normalized spacial score (nSPS) is 14.6. The maximum atomic E-state index is 6.55. The fraction of sp³-hybridized carbons (Fsp3) is 0.174. The van der Waals surface area contributed by atoms with Crippen LogP contribution in [-0.2, 0) is 13.0 Å². The maximum Gasteiger partial charge on any atom is 0.0787 e. The zero-order chi connectivity index (χ0) is 18.5. The number of pyridine rings is 1. The number of rotatable bonds is 1. The van der Waals surface area contributed by atoms with E-state index in [9.17, 15) is 0 Å². The minimum absolute atomic E-state index is 0.644. The van der Waals surface area contributed by atoms with Gasteiger partial charge in [0.15, 0.2) is 0 Å². The van der Waals surface area contributed by atoms with E-state index < -0.39 is 0 Å². The van der Waals surface area contributed by atoms with Crippen molar-refractivity contribution in [1.82, 2.24) is 9.88 Å². The fourth-order valence-electron chi connectivity index (χ4n) is 4.18. The highest BCUT2D eigenvalue weighted by atomic mass is 35.5. The van der Waals surface area contributed by atoms with Gasteiger partial charge in [-0.15, -0.1) is 0 Å². The van der Waals surface area contributed by atoms with Crippen LogP contribution in [0.25, 0.3) is 32.9 Å². The number of halogens is 2. The summed E-state index contributed by atoms with van der Waals surface area (Å²) in [5.74, 6) is 0. The van der Waals surface area contributed by atoms with Crippen LogP contribution in [0.5, 0.6) is 0 Å². The first-order valence-electron chi connectivity index (χ1n) is 9.09. The van der Waals surface area contributed by atoms with Crippen molar-refractivity contribution in [2.24, 2.45) is 0 Å². The van der Waals surface area contributed by atoms with E-state index in [2.05, 4.69) is 48.3 Å². The molecule has 134 valence electrons. The van der Waals surface area contributed by atoms with Crippen LogP contribution in [0.15, 0.2) is 54.6 Å². The molecule has 2 nitrogen and oxygen atoms in total. The Kier molecular flexibility index (Phi) is 4.08. The number of nitrogens with zero attached hydrogens (tertiary/aromatic N) is 2. The first-order chi connectivity index (χ1) is 13.1. The average molecular weight is 393 g/mol. The lowest BCUT2D eigenvalue weighted by atomic mass is 9.89. The second-order valence-corrected chi connectivity index (χ2v) is 8.00. The zero-order valence-electron chi connectivity index (χ0n) is 15.0. The molecular weight excluding hydrogens is 375 g/mol. The molecule has 0 bridgehead atoms. The Morgan fingerprint density at radius 1 is 0.889 bits per heavy atom. The van der Waals surface area contributed by atoms with Crippen LogP contribution in [0.4, 0.5) is 0 Å². The third-order valence-electron chi connectivity index (χ3n) is 5.46. The maximum absolute atomic E-state index is 6.55. The zero-order valence-corrected chi connectivity index (χ0v) is 16.5. The summed E-state index contributed by atoms with van der Waals surface area (Å²) in [6.45, 7) is 1.88. The Morgan fingerprint density at radius 2 is 1.67 bits per heavy atom. The predicted molar refractivity (Wildman–Crippen MR) is 115 cm³/mol. The summed E-state index contributed by atoms with van der Waals surface area (Å²) in [5.41, 5.74) is 5.36. The molecule has 0 saturated carbocycles. The number of benzene rings is 3. The first kappa shape index (κ1) is 17.0. The third kappa shape index (κ3) is 2.71. The monoisotopic (exact) mass is 392 g/mol. The summed E-state index contributed by atoms with van der Waals surface area (Å²) in [7, 11) is 2.15. The van der Waals surface area contributed by atoms with E-state index >= 15 is 0 Å². The van der Waals surface area contributed by atoms with Gasteiger partial charge in [-0.1, -0.05) is 59.6 Å².